The van der Waals surface area contributed by atoms with E-state index in [4.69, 9.17) is 0 Å². The van der Waals surface area contributed by atoms with Crippen LogP contribution in [0.2, 0.25) is 0 Å². The van der Waals surface area contributed by atoms with Crippen LogP contribution in [0.4, 0.5) is 26.3 Å². The Morgan fingerprint density at radius 3 is 2.23 bits per heavy atom. The molecule has 0 aliphatic rings. The minimum Gasteiger partial charge on any atom is -0.229 e. The molecule has 0 N–H and O–H groups in total. The van der Waals surface area contributed by atoms with Crippen molar-refractivity contribution < 1.29 is 26.3 Å². The van der Waals surface area contributed by atoms with Gasteiger partial charge in [-0.1, -0.05) is 36.4 Å². The van der Waals surface area contributed by atoms with Crippen molar-refractivity contribution in [3.05, 3.63) is 77.2 Å². The van der Waals surface area contributed by atoms with Gasteiger partial charge in [-0.2, -0.15) is 31.0 Å². The molecule has 5 aromatic rings. The SMILES string of the molecule is FC(F)(F)c1cc(-c2csc(Sc3nnnn3-c3cccc4ccccc34)n2)cc(C(F)(F)F)c1. The average Bonchev–Trinajstić information content (AvgIpc) is 3.47. The summed E-state index contributed by atoms with van der Waals surface area (Å²) in [6.07, 6.45) is -9.88. The minimum atomic E-state index is -4.94. The van der Waals surface area contributed by atoms with E-state index in [2.05, 4.69) is 20.5 Å². The van der Waals surface area contributed by atoms with Gasteiger partial charge in [0.2, 0.25) is 5.16 Å². The van der Waals surface area contributed by atoms with E-state index in [0.29, 0.717) is 27.3 Å². The topological polar surface area (TPSA) is 56.5 Å². The lowest BCUT2D eigenvalue weighted by molar-refractivity contribution is -0.143. The smallest absolute Gasteiger partial charge is 0.229 e. The number of nitrogens with zero attached hydrogens (tertiary/aromatic N) is 5. The zero-order chi connectivity index (χ0) is 24.8. The summed E-state index contributed by atoms with van der Waals surface area (Å²) in [5, 5.41) is 15.3. The minimum absolute atomic E-state index is 0.0155. The standard InChI is InChI=1S/C22H11F6N5S2/c23-21(24,25)14-8-13(9-15(10-14)22(26,27)28)17-11-34-20(29-17)35-19-30-31-32-33(19)18-7-3-5-12-4-1-2-6-16(12)18/h1-11H. The van der Waals surface area contributed by atoms with Crippen LogP contribution in [-0.2, 0) is 12.4 Å². The maximum absolute atomic E-state index is 13.2. The summed E-state index contributed by atoms with van der Waals surface area (Å²) in [6.45, 7) is 0. The Kier molecular flexibility index (Phi) is 5.75. The fourth-order valence-electron chi connectivity index (χ4n) is 3.40. The highest BCUT2D eigenvalue weighted by molar-refractivity contribution is 8.00. The maximum Gasteiger partial charge on any atom is 0.416 e. The van der Waals surface area contributed by atoms with E-state index in [9.17, 15) is 26.3 Å². The van der Waals surface area contributed by atoms with Crippen molar-refractivity contribution in [3.63, 3.8) is 0 Å². The second kappa shape index (κ2) is 8.64. The average molecular weight is 523 g/mol. The Morgan fingerprint density at radius 1 is 0.829 bits per heavy atom. The van der Waals surface area contributed by atoms with Gasteiger partial charge < -0.3 is 0 Å². The number of benzene rings is 3. The first kappa shape index (κ1) is 23.3. The van der Waals surface area contributed by atoms with Gasteiger partial charge in [-0.3, -0.25) is 0 Å². The van der Waals surface area contributed by atoms with Crippen molar-refractivity contribution in [1.82, 2.24) is 25.2 Å². The van der Waals surface area contributed by atoms with E-state index in [1.807, 2.05) is 42.5 Å². The molecule has 0 amide bonds. The molecule has 0 aliphatic carbocycles. The number of fused-ring (bicyclic) bond motifs is 1. The number of hydrogen-bond acceptors (Lipinski definition) is 6. The van der Waals surface area contributed by atoms with Gasteiger partial charge in [0.05, 0.1) is 22.5 Å². The number of rotatable bonds is 4. The predicted molar refractivity (Wildman–Crippen MR) is 118 cm³/mol. The maximum atomic E-state index is 13.2. The number of tetrazole rings is 1. The molecular formula is C22H11F6N5S2. The molecule has 0 unspecified atom stereocenters. The van der Waals surface area contributed by atoms with Gasteiger partial charge in [-0.05, 0) is 51.8 Å². The molecule has 0 saturated carbocycles. The molecular weight excluding hydrogens is 512 g/mol. The van der Waals surface area contributed by atoms with Crippen molar-refractivity contribution in [2.45, 2.75) is 21.8 Å². The highest BCUT2D eigenvalue weighted by Crippen LogP contribution is 2.40. The number of alkyl halides is 6. The van der Waals surface area contributed by atoms with Crippen molar-refractivity contribution in [3.8, 4) is 16.9 Å². The molecule has 0 radical (unpaired) electrons. The molecule has 35 heavy (non-hydrogen) atoms. The lowest BCUT2D eigenvalue weighted by Crippen LogP contribution is -2.11. The number of aromatic nitrogens is 5. The van der Waals surface area contributed by atoms with Crippen LogP contribution in [0.25, 0.3) is 27.7 Å². The van der Waals surface area contributed by atoms with Crippen molar-refractivity contribution in [2.24, 2.45) is 0 Å². The molecule has 13 heteroatoms. The second-order valence-corrected chi connectivity index (χ2v) is 9.34. The molecule has 2 aromatic heterocycles. The van der Waals surface area contributed by atoms with E-state index in [0.717, 1.165) is 33.9 Å². The number of halogens is 6. The van der Waals surface area contributed by atoms with Crippen molar-refractivity contribution in [1.29, 1.82) is 0 Å². The molecule has 0 saturated heterocycles. The molecule has 5 nitrogen and oxygen atoms in total. The molecule has 5 rings (SSSR count). The van der Waals surface area contributed by atoms with Crippen LogP contribution >= 0.6 is 23.1 Å². The fraction of sp³-hybridized carbons (Fsp3) is 0.0909. The zero-order valence-corrected chi connectivity index (χ0v) is 18.8. The number of thiazole rings is 1. The Bertz CT molecular complexity index is 1490. The van der Waals surface area contributed by atoms with E-state index >= 15 is 0 Å². The molecule has 0 fully saturated rings. The zero-order valence-electron chi connectivity index (χ0n) is 17.2. The molecule has 0 bridgehead atoms. The first-order valence-corrected chi connectivity index (χ1v) is 11.5. The van der Waals surface area contributed by atoms with Gasteiger partial charge in [-0.15, -0.1) is 16.4 Å². The number of hydrogen-bond donors (Lipinski definition) is 0. The lowest BCUT2D eigenvalue weighted by atomic mass is 10.0. The molecule has 0 aliphatic heterocycles. The third kappa shape index (κ3) is 4.73. The molecule has 3 aromatic carbocycles. The summed E-state index contributed by atoms with van der Waals surface area (Å²) < 4.78 is 81.1. The lowest BCUT2D eigenvalue weighted by Gasteiger charge is -2.13. The molecule has 2 heterocycles. The van der Waals surface area contributed by atoms with E-state index < -0.39 is 23.5 Å². The molecule has 0 spiro atoms. The summed E-state index contributed by atoms with van der Waals surface area (Å²) >= 11 is 2.11. The van der Waals surface area contributed by atoms with Crippen LogP contribution in [0.5, 0.6) is 0 Å². The van der Waals surface area contributed by atoms with Crippen LogP contribution in [0, 0.1) is 0 Å². The van der Waals surface area contributed by atoms with Gasteiger partial charge in [0, 0.05) is 16.3 Å². The van der Waals surface area contributed by atoms with Gasteiger partial charge in [0.15, 0.2) is 4.34 Å². The molecule has 0 atom stereocenters. The first-order valence-electron chi connectivity index (χ1n) is 9.79. The van der Waals surface area contributed by atoms with Gasteiger partial charge >= 0.3 is 12.4 Å². The summed E-state index contributed by atoms with van der Waals surface area (Å²) in [5.74, 6) is 0. The van der Waals surface area contributed by atoms with Crippen LogP contribution < -0.4 is 0 Å². The first-order chi connectivity index (χ1) is 16.6. The Morgan fingerprint density at radius 2 is 1.51 bits per heavy atom. The van der Waals surface area contributed by atoms with Gasteiger partial charge in [-0.25, -0.2) is 4.98 Å². The second-order valence-electron chi connectivity index (χ2n) is 7.27. The third-order valence-electron chi connectivity index (χ3n) is 4.98. The fourth-order valence-corrected chi connectivity index (χ4v) is 5.12. The van der Waals surface area contributed by atoms with Crippen LogP contribution in [0.3, 0.4) is 0 Å². The van der Waals surface area contributed by atoms with E-state index in [1.54, 1.807) is 0 Å². The summed E-state index contributed by atoms with van der Waals surface area (Å²) in [6, 6.07) is 14.6. The largest absolute Gasteiger partial charge is 0.416 e. The normalized spacial score (nSPS) is 12.4. The third-order valence-corrected chi connectivity index (χ3v) is 6.86. The van der Waals surface area contributed by atoms with Crippen molar-refractivity contribution in [2.75, 3.05) is 0 Å². The Hall–Kier alpha value is -3.45. The molecule has 178 valence electrons. The predicted octanol–water partition coefficient (Wildman–Crippen LogP) is 7.13. The highest BCUT2D eigenvalue weighted by atomic mass is 32.2. The summed E-state index contributed by atoms with van der Waals surface area (Å²) in [7, 11) is 0. The Labute approximate surface area is 201 Å². The van der Waals surface area contributed by atoms with Crippen LogP contribution in [0.1, 0.15) is 11.1 Å². The Balaban J connectivity index is 1.50. The van der Waals surface area contributed by atoms with Gasteiger partial charge in [0.1, 0.15) is 0 Å². The van der Waals surface area contributed by atoms with E-state index in [1.165, 1.54) is 10.1 Å². The summed E-state index contributed by atoms with van der Waals surface area (Å²) in [5.41, 5.74) is -2.39. The highest BCUT2D eigenvalue weighted by Gasteiger charge is 2.37. The van der Waals surface area contributed by atoms with E-state index in [-0.39, 0.29) is 17.3 Å². The van der Waals surface area contributed by atoms with Crippen molar-refractivity contribution >= 4 is 33.9 Å². The monoisotopic (exact) mass is 523 g/mol. The van der Waals surface area contributed by atoms with Crippen LogP contribution in [-0.4, -0.2) is 25.2 Å². The van der Waals surface area contributed by atoms with Crippen LogP contribution in [0.15, 0.2) is 75.5 Å². The van der Waals surface area contributed by atoms with Gasteiger partial charge in [0.25, 0.3) is 0 Å². The quantitative estimate of drug-likeness (QED) is 0.235. The summed E-state index contributed by atoms with van der Waals surface area (Å²) in [4.78, 5) is 4.24.